The number of aromatic nitrogens is 1. The number of aromatic carboxylic acids is 1. The maximum atomic E-state index is 12.3. The summed E-state index contributed by atoms with van der Waals surface area (Å²) >= 11 is 2.57. The average molecular weight is 336 g/mol. The number of carbonyl (C=O) groups is 1. The summed E-state index contributed by atoms with van der Waals surface area (Å²) in [6, 6.07) is -0.131. The van der Waals surface area contributed by atoms with E-state index in [4.69, 9.17) is 5.11 Å². The summed E-state index contributed by atoms with van der Waals surface area (Å²) in [5.41, 5.74) is 0.838. The summed E-state index contributed by atoms with van der Waals surface area (Å²) in [6.45, 7) is 2.04. The number of thiazole rings is 1. The maximum absolute atomic E-state index is 12.3. The Morgan fingerprint density at radius 1 is 1.60 bits per heavy atom. The van der Waals surface area contributed by atoms with E-state index < -0.39 is 21.7 Å². The molecule has 2 N–H and O–H groups in total. The van der Waals surface area contributed by atoms with Gasteiger partial charge in [-0.25, -0.2) is 22.9 Å². The average Bonchev–Trinajstić information content (AvgIpc) is 2.99. The van der Waals surface area contributed by atoms with E-state index in [2.05, 4.69) is 9.71 Å². The van der Waals surface area contributed by atoms with E-state index in [1.54, 1.807) is 11.8 Å². The Kier molecular flexibility index (Phi) is 5.05. The van der Waals surface area contributed by atoms with Crippen molar-refractivity contribution in [2.75, 3.05) is 5.75 Å². The summed E-state index contributed by atoms with van der Waals surface area (Å²) in [5, 5.41) is 9.22. The predicted octanol–water partition coefficient (Wildman–Crippen LogP) is 1.79. The van der Waals surface area contributed by atoms with Crippen LogP contribution in [0.2, 0.25) is 0 Å². The van der Waals surface area contributed by atoms with Crippen LogP contribution in [0.1, 0.15) is 36.7 Å². The Morgan fingerprint density at radius 2 is 2.35 bits per heavy atom. The molecule has 2 rings (SSSR count). The van der Waals surface area contributed by atoms with Crippen LogP contribution in [-0.4, -0.2) is 41.5 Å². The Morgan fingerprint density at radius 3 is 3.00 bits per heavy atom. The van der Waals surface area contributed by atoms with E-state index in [0.717, 1.165) is 36.4 Å². The van der Waals surface area contributed by atoms with Gasteiger partial charge in [0.15, 0.2) is 9.90 Å². The van der Waals surface area contributed by atoms with E-state index in [1.165, 1.54) is 5.51 Å². The summed E-state index contributed by atoms with van der Waals surface area (Å²) in [5.74, 6) is -0.387. The summed E-state index contributed by atoms with van der Waals surface area (Å²) in [4.78, 5) is 14.6. The van der Waals surface area contributed by atoms with Gasteiger partial charge in [0, 0.05) is 11.3 Å². The first-order chi connectivity index (χ1) is 9.45. The minimum absolute atomic E-state index is 0.131. The second-order valence-corrected chi connectivity index (χ2v) is 8.73. The fourth-order valence-electron chi connectivity index (χ4n) is 2.30. The van der Waals surface area contributed by atoms with E-state index in [0.29, 0.717) is 0 Å². The van der Waals surface area contributed by atoms with Gasteiger partial charge in [0.05, 0.1) is 5.51 Å². The first-order valence-corrected chi connectivity index (χ1v) is 9.67. The summed E-state index contributed by atoms with van der Waals surface area (Å²) < 4.78 is 27.1. The van der Waals surface area contributed by atoms with Crippen molar-refractivity contribution < 1.29 is 18.3 Å². The third kappa shape index (κ3) is 3.33. The number of hydrogen-bond acceptors (Lipinski definition) is 6. The monoisotopic (exact) mass is 336 g/mol. The molecule has 0 aliphatic heterocycles. The number of sulfonamides is 1. The van der Waals surface area contributed by atoms with E-state index in [1.807, 2.05) is 6.92 Å². The molecule has 1 aliphatic carbocycles. The molecule has 0 saturated heterocycles. The number of nitrogens with zero attached hydrogens (tertiary/aromatic N) is 1. The van der Waals surface area contributed by atoms with Crippen molar-refractivity contribution in [1.29, 1.82) is 0 Å². The smallest absolute Gasteiger partial charge is 0.356 e. The molecule has 0 aromatic carbocycles. The third-order valence-electron chi connectivity index (χ3n) is 3.12. The Hall–Kier alpha value is -0.640. The van der Waals surface area contributed by atoms with Crippen molar-refractivity contribution >= 4 is 39.1 Å². The number of carboxylic acid groups (broad SMARTS) is 1. The van der Waals surface area contributed by atoms with Crippen LogP contribution in [0, 0.1) is 0 Å². The highest BCUT2D eigenvalue weighted by Gasteiger charge is 2.34. The molecule has 6 nitrogen and oxygen atoms in total. The molecule has 0 bridgehead atoms. The second-order valence-electron chi connectivity index (χ2n) is 4.45. The summed E-state index contributed by atoms with van der Waals surface area (Å²) in [6.07, 6.45) is 2.76. The van der Waals surface area contributed by atoms with Gasteiger partial charge in [-0.3, -0.25) is 0 Å². The van der Waals surface area contributed by atoms with Crippen molar-refractivity contribution in [3.05, 3.63) is 11.2 Å². The van der Waals surface area contributed by atoms with Crippen LogP contribution in [0.4, 0.5) is 0 Å². The highest BCUT2D eigenvalue weighted by atomic mass is 32.2. The number of nitrogens with one attached hydrogen (secondary N) is 1. The first-order valence-electron chi connectivity index (χ1n) is 6.26. The minimum Gasteiger partial charge on any atom is -0.476 e. The predicted molar refractivity (Wildman–Crippen MR) is 79.0 cm³/mol. The molecular formula is C11H16N2O4S3. The highest BCUT2D eigenvalue weighted by Crippen LogP contribution is 2.31. The van der Waals surface area contributed by atoms with Crippen LogP contribution in [0.15, 0.2) is 9.72 Å². The lowest BCUT2D eigenvalue weighted by Crippen LogP contribution is -2.38. The SMILES string of the molecule is CCSC1CCCC1NS(=O)(=O)c1scnc1C(=O)O. The molecule has 1 saturated carbocycles. The molecule has 1 aromatic rings. The zero-order valence-corrected chi connectivity index (χ0v) is 13.4. The van der Waals surface area contributed by atoms with Crippen LogP contribution >= 0.6 is 23.1 Å². The van der Waals surface area contributed by atoms with Crippen LogP contribution in [-0.2, 0) is 10.0 Å². The molecule has 1 aromatic heterocycles. The molecule has 0 radical (unpaired) electrons. The molecule has 0 amide bonds. The molecule has 112 valence electrons. The van der Waals surface area contributed by atoms with Crippen molar-refractivity contribution in [2.24, 2.45) is 0 Å². The van der Waals surface area contributed by atoms with Crippen molar-refractivity contribution in [1.82, 2.24) is 9.71 Å². The van der Waals surface area contributed by atoms with Gasteiger partial charge in [-0.2, -0.15) is 11.8 Å². The standard InChI is InChI=1S/C11H16N2O4S3/c1-2-18-8-5-3-4-7(8)13-20(16,17)11-9(10(14)15)12-6-19-11/h6-8,13H,2-5H2,1H3,(H,14,15). The lowest BCUT2D eigenvalue weighted by molar-refractivity contribution is 0.0687. The topological polar surface area (TPSA) is 96.4 Å². The van der Waals surface area contributed by atoms with Gasteiger partial charge in [0.2, 0.25) is 0 Å². The molecule has 2 unspecified atom stereocenters. The fraction of sp³-hybridized carbons (Fsp3) is 0.636. The molecule has 2 atom stereocenters. The van der Waals surface area contributed by atoms with Gasteiger partial charge in [-0.15, -0.1) is 11.3 Å². The lowest BCUT2D eigenvalue weighted by atomic mass is 10.3. The number of rotatable bonds is 6. The fourth-order valence-corrected chi connectivity index (χ4v) is 6.05. The molecular weight excluding hydrogens is 320 g/mol. The van der Waals surface area contributed by atoms with E-state index >= 15 is 0 Å². The zero-order valence-electron chi connectivity index (χ0n) is 10.9. The van der Waals surface area contributed by atoms with Gasteiger partial charge < -0.3 is 5.11 Å². The zero-order chi connectivity index (χ0) is 14.8. The number of carboxylic acids is 1. The van der Waals surface area contributed by atoms with Crippen LogP contribution < -0.4 is 4.72 Å². The normalized spacial score (nSPS) is 23.1. The van der Waals surface area contributed by atoms with Gasteiger partial charge in [0.1, 0.15) is 0 Å². The first kappa shape index (κ1) is 15.7. The maximum Gasteiger partial charge on any atom is 0.356 e. The largest absolute Gasteiger partial charge is 0.476 e. The number of thioether (sulfide) groups is 1. The molecule has 1 heterocycles. The quantitative estimate of drug-likeness (QED) is 0.822. The van der Waals surface area contributed by atoms with Crippen molar-refractivity contribution in [3.8, 4) is 0 Å². The van der Waals surface area contributed by atoms with Crippen LogP contribution in [0.3, 0.4) is 0 Å². The Balaban J connectivity index is 2.19. The molecule has 1 aliphatic rings. The second kappa shape index (κ2) is 6.42. The Bertz CT molecular complexity index is 584. The van der Waals surface area contributed by atoms with Gasteiger partial charge in [-0.05, 0) is 18.6 Å². The van der Waals surface area contributed by atoms with Gasteiger partial charge in [-0.1, -0.05) is 13.3 Å². The molecule has 1 fully saturated rings. The molecule has 0 spiro atoms. The molecule has 20 heavy (non-hydrogen) atoms. The van der Waals surface area contributed by atoms with Gasteiger partial charge >= 0.3 is 5.97 Å². The van der Waals surface area contributed by atoms with Crippen LogP contribution in [0.25, 0.3) is 0 Å². The van der Waals surface area contributed by atoms with Crippen LogP contribution in [0.5, 0.6) is 0 Å². The van der Waals surface area contributed by atoms with Crippen molar-refractivity contribution in [3.63, 3.8) is 0 Å². The highest BCUT2D eigenvalue weighted by molar-refractivity contribution is 8.00. The Labute approximate surface area is 126 Å². The van der Waals surface area contributed by atoms with E-state index in [9.17, 15) is 13.2 Å². The number of hydrogen-bond donors (Lipinski definition) is 2. The minimum atomic E-state index is -3.82. The van der Waals surface area contributed by atoms with Crippen molar-refractivity contribution in [2.45, 2.75) is 41.7 Å². The van der Waals surface area contributed by atoms with Gasteiger partial charge in [0.25, 0.3) is 10.0 Å². The molecule has 9 heteroatoms. The third-order valence-corrected chi connectivity index (χ3v) is 7.31. The summed E-state index contributed by atoms with van der Waals surface area (Å²) in [7, 11) is -3.82. The van der Waals surface area contributed by atoms with E-state index in [-0.39, 0.29) is 15.5 Å². The lowest BCUT2D eigenvalue weighted by Gasteiger charge is -2.19.